The average Bonchev–Trinajstić information content (AvgIpc) is 3.11. The van der Waals surface area contributed by atoms with Gasteiger partial charge in [-0.15, -0.1) is 0 Å². The third-order valence-corrected chi connectivity index (χ3v) is 5.23. The van der Waals surface area contributed by atoms with Gasteiger partial charge in [-0.25, -0.2) is 9.63 Å². The number of sulfonamides is 1. The molecule has 0 aliphatic carbocycles. The molecule has 0 aliphatic heterocycles. The fourth-order valence-electron chi connectivity index (χ4n) is 2.64. The Morgan fingerprint density at radius 2 is 2.10 bits per heavy atom. The highest BCUT2D eigenvalue weighted by Gasteiger charge is 2.22. The maximum Gasteiger partial charge on any atom is 0.417 e. The Labute approximate surface area is 175 Å². The summed E-state index contributed by atoms with van der Waals surface area (Å²) in [5.74, 6) is -0.620. The normalized spacial score (nSPS) is 11.7. The largest absolute Gasteiger partial charge is 0.493 e. The lowest BCUT2D eigenvalue weighted by Crippen LogP contribution is -2.18. The molecule has 0 amide bonds. The van der Waals surface area contributed by atoms with E-state index in [1.165, 1.54) is 37.4 Å². The van der Waals surface area contributed by atoms with Crippen molar-refractivity contribution in [2.24, 2.45) is 5.10 Å². The van der Waals surface area contributed by atoms with Gasteiger partial charge in [0.2, 0.25) is 5.75 Å². The van der Waals surface area contributed by atoms with E-state index in [4.69, 9.17) is 13.9 Å². The number of fused-ring (bicyclic) bond motifs is 1. The lowest BCUT2D eigenvalue weighted by atomic mass is 10.2. The van der Waals surface area contributed by atoms with Gasteiger partial charge < -0.3 is 13.9 Å². The second-order valence-electron chi connectivity index (χ2n) is 6.20. The molecule has 3 rings (SSSR count). The third-order valence-electron chi connectivity index (χ3n) is 4.01. The van der Waals surface area contributed by atoms with Crippen LogP contribution in [0.5, 0.6) is 11.5 Å². The van der Waals surface area contributed by atoms with Gasteiger partial charge in [0, 0.05) is 17.7 Å². The molecule has 3 aromatic rings. The van der Waals surface area contributed by atoms with Crippen molar-refractivity contribution in [1.82, 2.24) is 9.82 Å². The number of hydrogen-bond donors (Lipinski definition) is 2. The summed E-state index contributed by atoms with van der Waals surface area (Å²) in [5.41, 5.74) is 0.282. The summed E-state index contributed by atoms with van der Waals surface area (Å²) in [7, 11) is -2.76. The lowest BCUT2D eigenvalue weighted by molar-refractivity contribution is -0.386. The number of nitro benzene ring substituents is 1. The van der Waals surface area contributed by atoms with Crippen LogP contribution in [-0.4, -0.2) is 38.3 Å². The second kappa shape index (κ2) is 8.87. The van der Waals surface area contributed by atoms with Crippen LogP contribution in [0.15, 0.2) is 49.5 Å². The number of benzene rings is 2. The van der Waals surface area contributed by atoms with Crippen molar-refractivity contribution in [1.29, 1.82) is 0 Å². The Morgan fingerprint density at radius 1 is 1.32 bits per heavy atom. The minimum Gasteiger partial charge on any atom is -0.493 e. The number of hydrazone groups is 1. The van der Waals surface area contributed by atoms with Crippen molar-refractivity contribution in [2.45, 2.75) is 18.2 Å². The molecule has 31 heavy (non-hydrogen) atoms. The number of nitrogens with one attached hydrogen (secondary N) is 2. The van der Waals surface area contributed by atoms with Crippen LogP contribution in [0.2, 0.25) is 0 Å². The van der Waals surface area contributed by atoms with Crippen molar-refractivity contribution in [3.63, 3.8) is 0 Å². The molecule has 13 heteroatoms. The number of aromatic nitrogens is 1. The lowest BCUT2D eigenvalue weighted by Gasteiger charge is -2.11. The molecule has 0 atom stereocenters. The molecule has 0 saturated carbocycles. The Hall–Kier alpha value is -3.87. The molecular formula is C18H18N4O8S. The third kappa shape index (κ3) is 4.83. The minimum atomic E-state index is -4.09. The van der Waals surface area contributed by atoms with Gasteiger partial charge in [0.05, 0.1) is 35.3 Å². The summed E-state index contributed by atoms with van der Waals surface area (Å²) in [6.07, 6.45) is 1.73. The molecule has 0 bridgehead atoms. The molecule has 0 unspecified atom stereocenters. The smallest absolute Gasteiger partial charge is 0.417 e. The maximum atomic E-state index is 12.4. The van der Waals surface area contributed by atoms with Crippen LogP contribution in [-0.2, 0) is 10.0 Å². The van der Waals surface area contributed by atoms with Crippen LogP contribution in [0.4, 0.5) is 5.69 Å². The number of nitro groups is 1. The predicted molar refractivity (Wildman–Crippen MR) is 110 cm³/mol. The van der Waals surface area contributed by atoms with Crippen LogP contribution in [0.1, 0.15) is 18.9 Å². The molecule has 0 aliphatic rings. The second-order valence-corrected chi connectivity index (χ2v) is 7.86. The highest BCUT2D eigenvalue weighted by molar-refractivity contribution is 7.89. The summed E-state index contributed by atoms with van der Waals surface area (Å²) < 4.78 is 40.3. The number of methoxy groups -OCH3 is 1. The highest BCUT2D eigenvalue weighted by Crippen LogP contribution is 2.38. The molecule has 2 N–H and O–H groups in total. The molecule has 0 radical (unpaired) electrons. The number of hydrogen-bond acceptors (Lipinski definition) is 9. The van der Waals surface area contributed by atoms with E-state index in [0.717, 1.165) is 6.21 Å². The predicted octanol–water partition coefficient (Wildman–Crippen LogP) is 2.14. The van der Waals surface area contributed by atoms with Gasteiger partial charge in [0.25, 0.3) is 10.0 Å². The van der Waals surface area contributed by atoms with Gasteiger partial charge in [0.15, 0.2) is 11.3 Å². The zero-order chi connectivity index (χ0) is 22.6. The molecule has 12 nitrogen and oxygen atoms in total. The van der Waals surface area contributed by atoms with Gasteiger partial charge in [-0.2, -0.15) is 13.5 Å². The first-order valence-electron chi connectivity index (χ1n) is 8.92. The molecule has 164 valence electrons. The Balaban J connectivity index is 1.86. The fourth-order valence-corrected chi connectivity index (χ4v) is 3.44. The summed E-state index contributed by atoms with van der Waals surface area (Å²) in [6, 6.07) is 6.42. The Bertz CT molecular complexity index is 1310. The van der Waals surface area contributed by atoms with E-state index in [2.05, 4.69) is 10.1 Å². The summed E-state index contributed by atoms with van der Waals surface area (Å²) in [4.78, 5) is 26.2. The zero-order valence-electron chi connectivity index (χ0n) is 16.4. The van der Waals surface area contributed by atoms with Crippen LogP contribution < -0.4 is 20.1 Å². The Morgan fingerprint density at radius 3 is 2.77 bits per heavy atom. The van der Waals surface area contributed by atoms with Crippen LogP contribution in [0.3, 0.4) is 0 Å². The van der Waals surface area contributed by atoms with Gasteiger partial charge in [-0.3, -0.25) is 15.1 Å². The first-order valence-corrected chi connectivity index (χ1v) is 10.4. The van der Waals surface area contributed by atoms with Crippen molar-refractivity contribution < 1.29 is 27.2 Å². The number of aromatic amines is 1. The quantitative estimate of drug-likeness (QED) is 0.284. The Kier molecular flexibility index (Phi) is 6.25. The zero-order valence-corrected chi connectivity index (χ0v) is 17.3. The van der Waals surface area contributed by atoms with E-state index in [0.29, 0.717) is 11.9 Å². The van der Waals surface area contributed by atoms with Crippen molar-refractivity contribution in [3.8, 4) is 11.5 Å². The number of ether oxygens (including phenoxy) is 2. The summed E-state index contributed by atoms with van der Waals surface area (Å²) in [5, 5.41) is 15.1. The van der Waals surface area contributed by atoms with Gasteiger partial charge in [-0.05, 0) is 24.6 Å². The molecule has 1 aromatic heterocycles. The maximum absolute atomic E-state index is 12.4. The van der Waals surface area contributed by atoms with Crippen molar-refractivity contribution in [2.75, 3.05) is 13.7 Å². The monoisotopic (exact) mass is 450 g/mol. The number of oxazole rings is 1. The van der Waals surface area contributed by atoms with E-state index in [-0.39, 0.29) is 39.8 Å². The van der Waals surface area contributed by atoms with Crippen LogP contribution in [0.25, 0.3) is 11.1 Å². The van der Waals surface area contributed by atoms with Crippen LogP contribution >= 0.6 is 0 Å². The average molecular weight is 450 g/mol. The van der Waals surface area contributed by atoms with E-state index in [1.807, 2.05) is 11.8 Å². The molecular weight excluding hydrogens is 432 g/mol. The first kappa shape index (κ1) is 21.8. The van der Waals surface area contributed by atoms with E-state index >= 15 is 0 Å². The molecule has 2 aromatic carbocycles. The molecule has 0 spiro atoms. The fraction of sp³-hybridized carbons (Fsp3) is 0.222. The number of nitrogens with zero attached hydrogens (tertiary/aromatic N) is 2. The van der Waals surface area contributed by atoms with E-state index in [1.54, 1.807) is 0 Å². The van der Waals surface area contributed by atoms with E-state index in [9.17, 15) is 23.3 Å². The van der Waals surface area contributed by atoms with Crippen LogP contribution in [0, 0.1) is 10.1 Å². The first-order chi connectivity index (χ1) is 14.7. The summed E-state index contributed by atoms with van der Waals surface area (Å²) >= 11 is 0. The van der Waals surface area contributed by atoms with Gasteiger partial charge in [0.1, 0.15) is 0 Å². The number of rotatable bonds is 9. The van der Waals surface area contributed by atoms with Gasteiger partial charge >= 0.3 is 11.4 Å². The summed E-state index contributed by atoms with van der Waals surface area (Å²) in [6.45, 7) is 2.11. The minimum absolute atomic E-state index is 0.0200. The van der Waals surface area contributed by atoms with Crippen molar-refractivity contribution >= 4 is 33.0 Å². The van der Waals surface area contributed by atoms with Crippen molar-refractivity contribution in [3.05, 3.63) is 56.6 Å². The molecule has 0 saturated heterocycles. The number of H-pyrrole nitrogens is 1. The topological polar surface area (TPSA) is 166 Å². The molecule has 1 heterocycles. The SMILES string of the molecule is CCCOc1c(OC)cc(/C=N/NS(=O)(=O)c2ccc3[nH]c(=O)oc3c2)cc1[N+](=O)[O-]. The molecule has 0 fully saturated rings. The van der Waals surface area contributed by atoms with E-state index < -0.39 is 20.7 Å². The highest BCUT2D eigenvalue weighted by atomic mass is 32.2. The van der Waals surface area contributed by atoms with Gasteiger partial charge in [-0.1, -0.05) is 6.92 Å². The standard InChI is InChI=1S/C18H18N4O8S/c1-3-6-29-17-14(22(24)25)7-11(8-16(17)28-2)10-19-21-31(26,27)12-4-5-13-15(9-12)30-18(23)20-13/h4-5,7-10,21H,3,6H2,1-2H3,(H,20,23)/b19-10+.